The highest BCUT2D eigenvalue weighted by molar-refractivity contribution is 5.87. The number of hydrogen-bond acceptors (Lipinski definition) is 4. The van der Waals surface area contributed by atoms with E-state index in [0.717, 1.165) is 5.56 Å². The van der Waals surface area contributed by atoms with Crippen LogP contribution in [0.15, 0.2) is 29.4 Å². The molecule has 76 valence electrons. The van der Waals surface area contributed by atoms with E-state index in [0.29, 0.717) is 13.1 Å². The van der Waals surface area contributed by atoms with Gasteiger partial charge >= 0.3 is 5.97 Å². The fourth-order valence-electron chi connectivity index (χ4n) is 1.06. The van der Waals surface area contributed by atoms with Gasteiger partial charge in [0.15, 0.2) is 0 Å². The van der Waals surface area contributed by atoms with Gasteiger partial charge in [-0.3, -0.25) is 0 Å². The molecule has 0 spiro atoms. The van der Waals surface area contributed by atoms with Crippen molar-refractivity contribution in [3.63, 3.8) is 0 Å². The summed E-state index contributed by atoms with van der Waals surface area (Å²) in [4.78, 5) is 11.2. The van der Waals surface area contributed by atoms with Gasteiger partial charge < -0.3 is 14.5 Å². The Hall–Kier alpha value is -1.55. The average Bonchev–Trinajstić information content (AvgIpc) is 2.65. The summed E-state index contributed by atoms with van der Waals surface area (Å²) in [5.74, 6) is -0.200. The van der Waals surface area contributed by atoms with Crippen molar-refractivity contribution in [3.8, 4) is 0 Å². The van der Waals surface area contributed by atoms with Gasteiger partial charge in [0, 0.05) is 18.7 Å². The summed E-state index contributed by atoms with van der Waals surface area (Å²) in [6.07, 6.45) is 3.22. The maximum atomic E-state index is 11.2. The molecule has 0 radical (unpaired) electrons. The average molecular weight is 195 g/mol. The second-order valence-corrected chi connectivity index (χ2v) is 2.69. The first kappa shape index (κ1) is 10.5. The van der Waals surface area contributed by atoms with E-state index in [-0.39, 0.29) is 5.76 Å². The monoisotopic (exact) mass is 195 g/mol. The summed E-state index contributed by atoms with van der Waals surface area (Å²) in [6.45, 7) is 4.82. The van der Waals surface area contributed by atoms with Crippen molar-refractivity contribution in [1.82, 2.24) is 5.32 Å². The number of methoxy groups -OCH3 is 1. The van der Waals surface area contributed by atoms with Gasteiger partial charge in [-0.2, -0.15) is 0 Å². The lowest BCUT2D eigenvalue weighted by Gasteiger charge is -2.01. The number of rotatable bonds is 5. The molecule has 4 heteroatoms. The lowest BCUT2D eigenvalue weighted by atomic mass is 10.2. The van der Waals surface area contributed by atoms with Gasteiger partial charge in [0.25, 0.3) is 0 Å². The molecule has 1 rings (SSSR count). The van der Waals surface area contributed by atoms with Crippen LogP contribution in [0.4, 0.5) is 0 Å². The molecule has 1 N–H and O–H groups in total. The Kier molecular flexibility index (Phi) is 3.94. The quantitative estimate of drug-likeness (QED) is 0.437. The summed E-state index contributed by atoms with van der Waals surface area (Å²) in [5, 5.41) is 3.07. The smallest absolute Gasteiger partial charge is 0.374 e. The molecule has 0 atom stereocenters. The molecule has 0 fully saturated rings. The fraction of sp³-hybridized carbons (Fsp3) is 0.300. The van der Waals surface area contributed by atoms with Crippen LogP contribution in [0.1, 0.15) is 16.1 Å². The molecular weight excluding hydrogens is 182 g/mol. The van der Waals surface area contributed by atoms with Crippen LogP contribution in [-0.4, -0.2) is 19.6 Å². The van der Waals surface area contributed by atoms with E-state index in [1.54, 1.807) is 12.1 Å². The first-order chi connectivity index (χ1) is 6.79. The third kappa shape index (κ3) is 2.47. The van der Waals surface area contributed by atoms with Crippen LogP contribution in [0.5, 0.6) is 0 Å². The molecule has 0 aliphatic carbocycles. The maximum absolute atomic E-state index is 11.2. The molecule has 0 aromatic carbocycles. The van der Waals surface area contributed by atoms with Crippen molar-refractivity contribution < 1.29 is 13.9 Å². The number of carbonyl (C=O) groups excluding carboxylic acids is 1. The molecule has 0 amide bonds. The van der Waals surface area contributed by atoms with E-state index in [1.165, 1.54) is 13.4 Å². The van der Waals surface area contributed by atoms with Crippen molar-refractivity contribution in [2.24, 2.45) is 0 Å². The van der Waals surface area contributed by atoms with Crippen molar-refractivity contribution in [2.45, 2.75) is 6.54 Å². The van der Waals surface area contributed by atoms with E-state index in [1.807, 2.05) is 0 Å². The molecule has 1 aromatic heterocycles. The number of esters is 1. The fourth-order valence-corrected chi connectivity index (χ4v) is 1.06. The van der Waals surface area contributed by atoms with Gasteiger partial charge in [-0.05, 0) is 6.07 Å². The molecule has 1 heterocycles. The first-order valence-corrected chi connectivity index (χ1v) is 4.26. The van der Waals surface area contributed by atoms with Crippen molar-refractivity contribution >= 4 is 5.97 Å². The Bertz CT molecular complexity index is 317. The van der Waals surface area contributed by atoms with Crippen LogP contribution in [0, 0.1) is 0 Å². The number of hydrogen-bond donors (Lipinski definition) is 1. The molecule has 4 nitrogen and oxygen atoms in total. The second-order valence-electron chi connectivity index (χ2n) is 2.69. The SMILES string of the molecule is C=CCNCc1ccoc1C(=O)OC. The van der Waals surface area contributed by atoms with Crippen LogP contribution in [0.3, 0.4) is 0 Å². The second kappa shape index (κ2) is 5.24. The van der Waals surface area contributed by atoms with Gasteiger partial charge in [-0.25, -0.2) is 4.79 Å². The first-order valence-electron chi connectivity index (χ1n) is 4.26. The molecule has 0 unspecified atom stereocenters. The Morgan fingerprint density at radius 2 is 2.57 bits per heavy atom. The molecule has 0 bridgehead atoms. The van der Waals surface area contributed by atoms with Crippen molar-refractivity contribution in [2.75, 3.05) is 13.7 Å². The molecule has 0 saturated carbocycles. The molecule has 1 aromatic rings. The number of ether oxygens (including phenoxy) is 1. The summed E-state index contributed by atoms with van der Waals surface area (Å²) in [7, 11) is 1.33. The number of furan rings is 1. The standard InChI is InChI=1S/C10H13NO3/c1-3-5-11-7-8-4-6-14-9(8)10(12)13-2/h3-4,6,11H,1,5,7H2,2H3. The minimum Gasteiger partial charge on any atom is -0.463 e. The molecule has 0 aliphatic heterocycles. The zero-order valence-corrected chi connectivity index (χ0v) is 8.08. The third-order valence-corrected chi connectivity index (χ3v) is 1.72. The Morgan fingerprint density at radius 1 is 1.79 bits per heavy atom. The minimum atomic E-state index is -0.453. The van der Waals surface area contributed by atoms with E-state index in [4.69, 9.17) is 4.42 Å². The van der Waals surface area contributed by atoms with Gasteiger partial charge in [-0.1, -0.05) is 6.08 Å². The lowest BCUT2D eigenvalue weighted by molar-refractivity contribution is 0.0563. The van der Waals surface area contributed by atoms with Crippen molar-refractivity contribution in [1.29, 1.82) is 0 Å². The Morgan fingerprint density at radius 3 is 3.21 bits per heavy atom. The minimum absolute atomic E-state index is 0.254. The summed E-state index contributed by atoms with van der Waals surface area (Å²) < 4.78 is 9.57. The van der Waals surface area contributed by atoms with Crippen LogP contribution < -0.4 is 5.32 Å². The number of nitrogens with one attached hydrogen (secondary N) is 1. The highest BCUT2D eigenvalue weighted by Gasteiger charge is 2.14. The van der Waals surface area contributed by atoms with Crippen molar-refractivity contribution in [3.05, 3.63) is 36.3 Å². The van der Waals surface area contributed by atoms with E-state index in [9.17, 15) is 4.79 Å². The molecule has 0 saturated heterocycles. The summed E-state index contributed by atoms with van der Waals surface area (Å²) in [6, 6.07) is 1.74. The van der Waals surface area contributed by atoms with Gasteiger partial charge in [0.2, 0.25) is 5.76 Å². The third-order valence-electron chi connectivity index (χ3n) is 1.72. The van der Waals surface area contributed by atoms with Gasteiger partial charge in [0.05, 0.1) is 13.4 Å². The lowest BCUT2D eigenvalue weighted by Crippen LogP contribution is -2.14. The topological polar surface area (TPSA) is 51.5 Å². The zero-order chi connectivity index (χ0) is 10.4. The van der Waals surface area contributed by atoms with Crippen LogP contribution in [0.2, 0.25) is 0 Å². The summed E-state index contributed by atoms with van der Waals surface area (Å²) >= 11 is 0. The van der Waals surface area contributed by atoms with E-state index in [2.05, 4.69) is 16.6 Å². The predicted octanol–water partition coefficient (Wildman–Crippen LogP) is 1.34. The number of carbonyl (C=O) groups is 1. The van der Waals surface area contributed by atoms with E-state index >= 15 is 0 Å². The van der Waals surface area contributed by atoms with Gasteiger partial charge in [0.1, 0.15) is 0 Å². The van der Waals surface area contributed by atoms with E-state index < -0.39 is 5.97 Å². The highest BCUT2D eigenvalue weighted by atomic mass is 16.5. The van der Waals surface area contributed by atoms with Gasteiger partial charge in [-0.15, -0.1) is 6.58 Å². The molecule has 0 aliphatic rings. The highest BCUT2D eigenvalue weighted by Crippen LogP contribution is 2.11. The maximum Gasteiger partial charge on any atom is 0.374 e. The Balaban J connectivity index is 2.62. The normalized spacial score (nSPS) is 9.79. The van der Waals surface area contributed by atoms with Crippen LogP contribution in [0.25, 0.3) is 0 Å². The zero-order valence-electron chi connectivity index (χ0n) is 8.08. The van der Waals surface area contributed by atoms with Crippen LogP contribution >= 0.6 is 0 Å². The molecule has 14 heavy (non-hydrogen) atoms. The Labute approximate surface area is 82.6 Å². The largest absolute Gasteiger partial charge is 0.463 e. The summed E-state index contributed by atoms with van der Waals surface area (Å²) in [5.41, 5.74) is 0.790. The van der Waals surface area contributed by atoms with Crippen LogP contribution in [-0.2, 0) is 11.3 Å². The molecular formula is C10H13NO3. The predicted molar refractivity (Wildman–Crippen MR) is 52.0 cm³/mol.